The normalized spacial score (nSPS) is 19.5. The van der Waals surface area contributed by atoms with E-state index in [0.29, 0.717) is 23.6 Å². The van der Waals surface area contributed by atoms with Crippen LogP contribution < -0.4 is 21.1 Å². The fourth-order valence-corrected chi connectivity index (χ4v) is 4.18. The van der Waals surface area contributed by atoms with Crippen molar-refractivity contribution in [1.29, 1.82) is 0 Å². The van der Waals surface area contributed by atoms with Gasteiger partial charge in [-0.25, -0.2) is 0 Å². The molecule has 0 spiro atoms. The van der Waals surface area contributed by atoms with Crippen LogP contribution in [0.15, 0.2) is 84.8 Å². The smallest absolute Gasteiger partial charge is 0.248 e. The molecule has 0 saturated heterocycles. The molecule has 7 heteroatoms. The molecule has 184 valence electrons. The van der Waals surface area contributed by atoms with E-state index in [1.165, 1.54) is 0 Å². The van der Waals surface area contributed by atoms with Gasteiger partial charge in [0.15, 0.2) is 0 Å². The molecule has 35 heavy (non-hydrogen) atoms. The minimum absolute atomic E-state index is 0.193. The number of primary amides is 1. The summed E-state index contributed by atoms with van der Waals surface area (Å²) >= 11 is 0. The van der Waals surface area contributed by atoms with Crippen LogP contribution in [0.25, 0.3) is 0 Å². The van der Waals surface area contributed by atoms with Gasteiger partial charge in [-0.2, -0.15) is 0 Å². The first-order chi connectivity index (χ1) is 16.8. The molecule has 0 fully saturated rings. The molecule has 2 aromatic rings. The summed E-state index contributed by atoms with van der Waals surface area (Å²) in [6.45, 7) is 4.89. The number of aliphatic hydroxyl groups is 1. The van der Waals surface area contributed by atoms with Crippen molar-refractivity contribution >= 4 is 5.91 Å². The molecule has 0 bridgehead atoms. The van der Waals surface area contributed by atoms with Crippen LogP contribution in [0.5, 0.6) is 11.5 Å². The Kier molecular flexibility index (Phi) is 7.58. The number of ether oxygens (including phenoxy) is 2. The number of β-amino-alcohol motifs (C(OH)–C–C–N with tert-alkyl or cyclic N) is 1. The number of aliphatic hydroxyl groups excluding tert-OH is 1. The Hall–Kier alpha value is -3.55. The van der Waals surface area contributed by atoms with Crippen LogP contribution in [0.4, 0.5) is 0 Å². The molecule has 2 aromatic carbocycles. The number of nitrogens with two attached hydrogens (primary N) is 1. The maximum Gasteiger partial charge on any atom is 0.248 e. The van der Waals surface area contributed by atoms with E-state index in [2.05, 4.69) is 36.6 Å². The molecule has 0 saturated carbocycles. The predicted octanol–water partition coefficient (Wildman–Crippen LogP) is 3.42. The number of allylic oxidation sites excluding steroid dienone is 2. The van der Waals surface area contributed by atoms with Crippen LogP contribution in [0.3, 0.4) is 0 Å². The zero-order chi connectivity index (χ0) is 24.8. The fourth-order valence-electron chi connectivity index (χ4n) is 4.18. The van der Waals surface area contributed by atoms with Gasteiger partial charge in [0.2, 0.25) is 5.91 Å². The highest BCUT2D eigenvalue weighted by molar-refractivity contribution is 5.92. The second kappa shape index (κ2) is 10.8. The molecular weight excluding hydrogens is 442 g/mol. The van der Waals surface area contributed by atoms with Gasteiger partial charge in [-0.1, -0.05) is 30.4 Å². The van der Waals surface area contributed by atoms with Gasteiger partial charge in [-0.05, 0) is 74.5 Å². The van der Waals surface area contributed by atoms with Crippen molar-refractivity contribution in [1.82, 2.24) is 10.6 Å². The Morgan fingerprint density at radius 2 is 1.80 bits per heavy atom. The van der Waals surface area contributed by atoms with E-state index in [9.17, 15) is 9.90 Å². The van der Waals surface area contributed by atoms with Crippen molar-refractivity contribution in [2.45, 2.75) is 38.0 Å². The highest BCUT2D eigenvalue weighted by Crippen LogP contribution is 2.27. The first-order valence-electron chi connectivity index (χ1n) is 11.8. The third-order valence-electron chi connectivity index (χ3n) is 6.09. The van der Waals surface area contributed by atoms with E-state index in [4.69, 9.17) is 15.2 Å². The minimum atomic E-state index is -0.616. The van der Waals surface area contributed by atoms with Crippen LogP contribution in [-0.2, 0) is 11.2 Å². The van der Waals surface area contributed by atoms with Crippen LogP contribution >= 0.6 is 0 Å². The van der Waals surface area contributed by atoms with E-state index in [-0.39, 0.29) is 24.1 Å². The molecule has 7 nitrogen and oxygen atoms in total. The lowest BCUT2D eigenvalue weighted by Crippen LogP contribution is -2.46. The van der Waals surface area contributed by atoms with E-state index in [1.807, 2.05) is 42.6 Å². The molecule has 1 amide bonds. The maximum absolute atomic E-state index is 11.2. The van der Waals surface area contributed by atoms with Crippen LogP contribution in [-0.4, -0.2) is 41.9 Å². The van der Waals surface area contributed by atoms with Gasteiger partial charge in [0.1, 0.15) is 30.0 Å². The third kappa shape index (κ3) is 6.74. The fraction of sp³-hybridized carbons (Fsp3) is 0.321. The number of nitrogens with one attached hydrogen (secondary N) is 2. The average Bonchev–Trinajstić information content (AvgIpc) is 3.32. The molecule has 4 rings (SSSR count). The van der Waals surface area contributed by atoms with E-state index in [1.54, 1.807) is 24.3 Å². The second-order valence-electron chi connectivity index (χ2n) is 9.57. The molecule has 2 aliphatic rings. The molecular formula is C28H33N3O4. The number of amides is 1. The monoisotopic (exact) mass is 475 g/mol. The summed E-state index contributed by atoms with van der Waals surface area (Å²) in [4.78, 5) is 11.2. The van der Waals surface area contributed by atoms with Gasteiger partial charge in [-0.3, -0.25) is 4.79 Å². The number of fused-ring (bicyclic) bond motifs is 1. The SMILES string of the molecule is CC(C)(Cc1ccc(Oc2ccc(C(N)=O)cc2)cc1)NC[C@H](O)COC1=CC=CC2NC=CC12. The summed E-state index contributed by atoms with van der Waals surface area (Å²) < 4.78 is 11.8. The van der Waals surface area contributed by atoms with Crippen molar-refractivity contribution < 1.29 is 19.4 Å². The highest BCUT2D eigenvalue weighted by Gasteiger charge is 2.27. The molecule has 0 radical (unpaired) electrons. The highest BCUT2D eigenvalue weighted by atomic mass is 16.5. The van der Waals surface area contributed by atoms with Crippen molar-refractivity contribution in [3.8, 4) is 11.5 Å². The zero-order valence-corrected chi connectivity index (χ0v) is 20.1. The largest absolute Gasteiger partial charge is 0.494 e. The molecule has 1 heterocycles. The molecule has 0 aromatic heterocycles. The lowest BCUT2D eigenvalue weighted by atomic mass is 9.94. The summed E-state index contributed by atoms with van der Waals surface area (Å²) in [7, 11) is 0. The number of hydrogen-bond acceptors (Lipinski definition) is 6. The molecule has 2 unspecified atom stereocenters. The average molecular weight is 476 g/mol. The summed E-state index contributed by atoms with van der Waals surface area (Å²) in [5.74, 6) is 1.95. The Morgan fingerprint density at radius 1 is 1.11 bits per heavy atom. The molecule has 1 aliphatic carbocycles. The second-order valence-corrected chi connectivity index (χ2v) is 9.57. The summed E-state index contributed by atoms with van der Waals surface area (Å²) in [6, 6.07) is 14.9. The predicted molar refractivity (Wildman–Crippen MR) is 136 cm³/mol. The van der Waals surface area contributed by atoms with Gasteiger partial charge >= 0.3 is 0 Å². The van der Waals surface area contributed by atoms with Crippen LogP contribution in [0.1, 0.15) is 29.8 Å². The van der Waals surface area contributed by atoms with Gasteiger partial charge in [-0.15, -0.1) is 0 Å². The number of rotatable bonds is 11. The Morgan fingerprint density at radius 3 is 2.49 bits per heavy atom. The Bertz CT molecular complexity index is 1100. The molecule has 5 N–H and O–H groups in total. The van der Waals surface area contributed by atoms with Crippen molar-refractivity contribution in [2.24, 2.45) is 11.7 Å². The summed E-state index contributed by atoms with van der Waals surface area (Å²) in [6.07, 6.45) is 10.3. The standard InChI is InChI=1S/C28H33N3O4/c1-28(2,31-17-21(32)18-34-26-5-3-4-25-24(26)14-15-30-25)16-19-6-10-22(11-7-19)35-23-12-8-20(9-13-23)27(29)33/h3-15,21,24-25,30-32H,16-18H2,1-2H3,(H2,29,33)/t21-,24?,25?/m0/s1. The van der Waals surface area contributed by atoms with Crippen LogP contribution in [0, 0.1) is 5.92 Å². The Balaban J connectivity index is 1.22. The number of benzene rings is 2. The van der Waals surface area contributed by atoms with Crippen molar-refractivity contribution in [2.75, 3.05) is 13.2 Å². The maximum atomic E-state index is 11.2. The minimum Gasteiger partial charge on any atom is -0.494 e. The van der Waals surface area contributed by atoms with E-state index in [0.717, 1.165) is 17.7 Å². The van der Waals surface area contributed by atoms with Gasteiger partial charge in [0, 0.05) is 17.6 Å². The summed E-state index contributed by atoms with van der Waals surface area (Å²) in [5.41, 5.74) is 6.64. The molecule has 3 atom stereocenters. The number of carbonyl (C=O) groups excluding carboxylic acids is 1. The zero-order valence-electron chi connectivity index (χ0n) is 20.1. The van der Waals surface area contributed by atoms with Crippen molar-refractivity contribution in [3.05, 3.63) is 95.9 Å². The van der Waals surface area contributed by atoms with Gasteiger partial charge in [0.05, 0.1) is 12.0 Å². The first kappa shape index (κ1) is 24.6. The lowest BCUT2D eigenvalue weighted by Gasteiger charge is -2.29. The van der Waals surface area contributed by atoms with Crippen molar-refractivity contribution in [3.63, 3.8) is 0 Å². The lowest BCUT2D eigenvalue weighted by molar-refractivity contribution is 0.0578. The topological polar surface area (TPSA) is 106 Å². The van der Waals surface area contributed by atoms with Gasteiger partial charge in [0.25, 0.3) is 0 Å². The third-order valence-corrected chi connectivity index (χ3v) is 6.09. The molecule has 1 aliphatic heterocycles. The summed E-state index contributed by atoms with van der Waals surface area (Å²) in [5, 5.41) is 17.2. The van der Waals surface area contributed by atoms with Gasteiger partial charge < -0.3 is 30.9 Å². The first-order valence-corrected chi connectivity index (χ1v) is 11.8. The number of carbonyl (C=O) groups is 1. The van der Waals surface area contributed by atoms with Crippen LogP contribution in [0.2, 0.25) is 0 Å². The van der Waals surface area contributed by atoms with E-state index < -0.39 is 12.0 Å². The Labute approximate surface area is 206 Å². The van der Waals surface area contributed by atoms with E-state index >= 15 is 0 Å². The quantitative estimate of drug-likeness (QED) is 0.397. The number of hydrogen-bond donors (Lipinski definition) is 4.